The van der Waals surface area contributed by atoms with Crippen LogP contribution in [-0.4, -0.2) is 141 Å². The van der Waals surface area contributed by atoms with Crippen LogP contribution in [0.3, 0.4) is 0 Å². The molecule has 0 unspecified atom stereocenters. The molecule has 4 aromatic heterocycles. The molecule has 8 aromatic carbocycles. The molecular formula is C73H74N14O4. The van der Waals surface area contributed by atoms with Crippen molar-refractivity contribution >= 4 is 67.8 Å². The number of likely N-dealkylation sites (N-methyl/N-ethyl adjacent to an activating group) is 2. The van der Waals surface area contributed by atoms with Crippen LogP contribution in [0.15, 0.2) is 170 Å². The van der Waals surface area contributed by atoms with Gasteiger partial charge in [0.2, 0.25) is 0 Å². The third-order valence-electron chi connectivity index (χ3n) is 16.4. The zero-order valence-electron chi connectivity index (χ0n) is 51.7. The number of imidazole rings is 4. The Labute approximate surface area is 527 Å². The van der Waals surface area contributed by atoms with Crippen LogP contribution in [0.5, 0.6) is 0 Å². The Morgan fingerprint density at radius 1 is 0.297 bits per heavy atom. The Balaban J connectivity index is 0.535. The van der Waals surface area contributed by atoms with Crippen LogP contribution >= 0.6 is 0 Å². The number of H-pyrrole nitrogens is 4. The Hall–Kier alpha value is -10.6. The fourth-order valence-electron chi connectivity index (χ4n) is 11.1. The van der Waals surface area contributed by atoms with Gasteiger partial charge in [-0.2, -0.15) is 0 Å². The number of rotatable bonds is 26. The van der Waals surface area contributed by atoms with Crippen molar-refractivity contribution in [1.29, 1.82) is 0 Å². The molecule has 460 valence electrons. The molecule has 18 heteroatoms. The van der Waals surface area contributed by atoms with Crippen molar-refractivity contribution in [1.82, 2.24) is 70.9 Å². The maximum atomic E-state index is 13.1. The fraction of sp³-hybridized carbons (Fsp3) is 0.233. The summed E-state index contributed by atoms with van der Waals surface area (Å²) in [5, 5.41) is 12.1. The highest BCUT2D eigenvalue weighted by atomic mass is 16.2. The van der Waals surface area contributed by atoms with Crippen molar-refractivity contribution in [3.63, 3.8) is 0 Å². The monoisotopic (exact) mass is 1210 g/mol. The number of aromatic nitrogens is 8. The van der Waals surface area contributed by atoms with Crippen LogP contribution < -0.4 is 21.3 Å². The number of benzene rings is 8. The predicted molar refractivity (Wildman–Crippen MR) is 363 cm³/mol. The van der Waals surface area contributed by atoms with Crippen LogP contribution in [-0.2, 0) is 0 Å². The molecule has 0 spiro atoms. The summed E-state index contributed by atoms with van der Waals surface area (Å²) in [7, 11) is 7.90. The molecule has 0 aliphatic heterocycles. The average Bonchev–Trinajstić information content (AvgIpc) is 1.89. The van der Waals surface area contributed by atoms with Gasteiger partial charge < -0.3 is 51.0 Å². The molecular weight excluding hydrogens is 1140 g/mol. The number of carbonyl (C=O) groups excluding carboxylic acids is 4. The lowest BCUT2D eigenvalue weighted by Crippen LogP contribution is -2.31. The first-order chi connectivity index (χ1) is 44.3. The summed E-state index contributed by atoms with van der Waals surface area (Å²) in [5.41, 5.74) is 17.1. The zero-order valence-corrected chi connectivity index (χ0v) is 51.7. The summed E-state index contributed by atoms with van der Waals surface area (Å²) in [6, 6.07) is 54.7. The molecule has 0 radical (unpaired) electrons. The lowest BCUT2D eigenvalue weighted by molar-refractivity contribution is 0.0942. The van der Waals surface area contributed by atoms with Crippen LogP contribution in [0.4, 0.5) is 0 Å². The smallest absolute Gasteiger partial charge is 0.251 e. The second kappa shape index (κ2) is 27.9. The maximum Gasteiger partial charge on any atom is 0.251 e. The quantitative estimate of drug-likeness (QED) is 0.0239. The van der Waals surface area contributed by atoms with Gasteiger partial charge in [-0.05, 0) is 160 Å². The van der Waals surface area contributed by atoms with Gasteiger partial charge in [0.1, 0.15) is 23.3 Å². The van der Waals surface area contributed by atoms with E-state index in [1.807, 2.05) is 159 Å². The lowest BCUT2D eigenvalue weighted by atomic mass is 10.0. The van der Waals surface area contributed by atoms with E-state index < -0.39 is 0 Å². The van der Waals surface area contributed by atoms with Crippen molar-refractivity contribution in [2.75, 3.05) is 67.5 Å². The first kappa shape index (κ1) is 60.7. The molecule has 0 saturated heterocycles. The van der Waals surface area contributed by atoms with Crippen molar-refractivity contribution in [2.24, 2.45) is 0 Å². The van der Waals surface area contributed by atoms with Gasteiger partial charge in [0.25, 0.3) is 23.6 Å². The van der Waals surface area contributed by atoms with Crippen molar-refractivity contribution in [3.05, 3.63) is 192 Å². The topological polar surface area (TPSA) is 238 Å². The summed E-state index contributed by atoms with van der Waals surface area (Å²) in [6.07, 6.45) is 7.19. The number of unbranched alkanes of at least 4 members (excludes halogenated alkanes) is 6. The second-order valence-electron chi connectivity index (χ2n) is 23.7. The highest BCUT2D eigenvalue weighted by Gasteiger charge is 2.16. The minimum atomic E-state index is -0.0962. The van der Waals surface area contributed by atoms with Gasteiger partial charge in [-0.1, -0.05) is 105 Å². The molecule has 0 atom stereocenters. The molecule has 0 saturated carbocycles. The van der Waals surface area contributed by atoms with Gasteiger partial charge in [0, 0.05) is 83.8 Å². The number of amides is 4. The van der Waals surface area contributed by atoms with E-state index in [9.17, 15) is 19.2 Å². The van der Waals surface area contributed by atoms with E-state index in [1.165, 1.54) is 0 Å². The standard InChI is InChI=1S/C73H74N14O4/c1-86(2)40-38-76-72(90)52-24-16-48(17-25-52)68-80-60-34-30-56(44-64(60)84-68)54-28-32-58-62(42-54)82-66(78-58)46-12-20-50(21-13-46)70(88)74-36-10-8-6-5-7-9-11-37-75-71(89)51-22-14-47(15-23-51)67-79-59-33-29-55(43-63(59)83-67)57-31-35-61-65(45-57)85-69(81-61)49-18-26-53(27-19-49)73(91)77-39-41-87(3)4/h12-35,42-45H,5-11,36-41H2,1-4H3,(H,74,88)(H,75,89)(H,76,90)(H,77,91)(H,78,82)(H,79,83)(H,80,84)(H,81,85). The van der Waals surface area contributed by atoms with E-state index in [-0.39, 0.29) is 23.6 Å². The van der Waals surface area contributed by atoms with Crippen molar-refractivity contribution in [3.8, 4) is 67.8 Å². The maximum absolute atomic E-state index is 13.1. The van der Waals surface area contributed by atoms with E-state index >= 15 is 0 Å². The Morgan fingerprint density at radius 3 is 0.758 bits per heavy atom. The molecule has 0 bridgehead atoms. The SMILES string of the molecule is CN(C)CCNC(=O)c1ccc(-c2nc3cc(-c4ccc5[nH]c(-c6ccc(C(=O)NCCCCCCCCCNC(=O)c7ccc(-c8nc9cc(-c%10ccc%11[nH]c(-c%12ccc(C(=O)NCCN(C)C)cc%12)nc%11c%10)ccc9[nH]8)cc7)cc6)nc5c4)ccc3[nH]2)cc1. The van der Waals surface area contributed by atoms with Gasteiger partial charge in [0.15, 0.2) is 0 Å². The third-order valence-corrected chi connectivity index (χ3v) is 16.4. The summed E-state index contributed by atoms with van der Waals surface area (Å²) in [6.45, 7) is 3.96. The summed E-state index contributed by atoms with van der Waals surface area (Å²) >= 11 is 0. The average molecular weight is 1210 g/mol. The molecule has 12 aromatic rings. The molecule has 91 heavy (non-hydrogen) atoms. The Bertz CT molecular complexity index is 4250. The van der Waals surface area contributed by atoms with Crippen molar-refractivity contribution in [2.45, 2.75) is 44.9 Å². The molecule has 0 aliphatic carbocycles. The number of fused-ring (bicyclic) bond motifs is 4. The molecule has 0 aliphatic rings. The molecule has 12 rings (SSSR count). The zero-order chi connectivity index (χ0) is 62.8. The first-order valence-electron chi connectivity index (χ1n) is 31.2. The number of nitrogens with one attached hydrogen (secondary N) is 8. The lowest BCUT2D eigenvalue weighted by Gasteiger charge is -2.10. The molecule has 18 nitrogen and oxygen atoms in total. The number of hydrogen-bond acceptors (Lipinski definition) is 10. The molecule has 4 heterocycles. The summed E-state index contributed by atoms with van der Waals surface area (Å²) in [4.78, 5) is 88.7. The number of carbonyl (C=O) groups is 4. The fourth-order valence-corrected chi connectivity index (χ4v) is 11.1. The Kier molecular flexibility index (Phi) is 18.6. The van der Waals surface area contributed by atoms with Crippen LogP contribution in [0, 0.1) is 0 Å². The third kappa shape index (κ3) is 14.8. The van der Waals surface area contributed by atoms with E-state index in [2.05, 4.69) is 89.7 Å². The van der Waals surface area contributed by atoms with Crippen LogP contribution in [0.1, 0.15) is 86.4 Å². The van der Waals surface area contributed by atoms with E-state index in [0.717, 1.165) is 170 Å². The van der Waals surface area contributed by atoms with Crippen molar-refractivity contribution < 1.29 is 19.2 Å². The number of hydrogen-bond donors (Lipinski definition) is 8. The van der Waals surface area contributed by atoms with E-state index in [0.29, 0.717) is 48.4 Å². The normalized spacial score (nSPS) is 11.6. The van der Waals surface area contributed by atoms with Crippen LogP contribution in [0.25, 0.3) is 112 Å². The second-order valence-corrected chi connectivity index (χ2v) is 23.7. The van der Waals surface area contributed by atoms with E-state index in [4.69, 9.17) is 19.9 Å². The Morgan fingerprint density at radius 2 is 0.516 bits per heavy atom. The minimum absolute atomic E-state index is 0.0909. The van der Waals surface area contributed by atoms with Gasteiger partial charge in [-0.25, -0.2) is 19.9 Å². The van der Waals surface area contributed by atoms with Gasteiger partial charge in [0.05, 0.1) is 44.1 Å². The van der Waals surface area contributed by atoms with E-state index in [1.54, 1.807) is 0 Å². The van der Waals surface area contributed by atoms with Gasteiger partial charge in [-0.15, -0.1) is 0 Å². The largest absolute Gasteiger partial charge is 0.352 e. The highest BCUT2D eigenvalue weighted by molar-refractivity contribution is 5.98. The summed E-state index contributed by atoms with van der Waals surface area (Å²) < 4.78 is 0. The highest BCUT2D eigenvalue weighted by Crippen LogP contribution is 2.32. The van der Waals surface area contributed by atoms with Gasteiger partial charge in [-0.3, -0.25) is 19.2 Å². The number of nitrogens with zero attached hydrogens (tertiary/aromatic N) is 6. The molecule has 0 fully saturated rings. The molecule has 8 N–H and O–H groups in total. The summed E-state index contributed by atoms with van der Waals surface area (Å²) in [5.74, 6) is 2.55. The number of aromatic amines is 4. The predicted octanol–water partition coefficient (Wildman–Crippen LogP) is 12.7. The minimum Gasteiger partial charge on any atom is -0.352 e. The first-order valence-corrected chi connectivity index (χ1v) is 31.2. The van der Waals surface area contributed by atoms with Gasteiger partial charge >= 0.3 is 0 Å². The van der Waals surface area contributed by atoms with Crippen LogP contribution in [0.2, 0.25) is 0 Å². The molecule has 4 amide bonds.